The number of benzene rings is 1. The van der Waals surface area contributed by atoms with E-state index in [4.69, 9.17) is 9.52 Å². The maximum absolute atomic E-state index is 11.0. The van der Waals surface area contributed by atoms with Crippen LogP contribution in [0, 0.1) is 0 Å². The number of hydrogen-bond donors (Lipinski definition) is 1. The molecule has 0 aliphatic heterocycles. The van der Waals surface area contributed by atoms with Gasteiger partial charge in [0, 0.05) is 13.1 Å². The highest BCUT2D eigenvalue weighted by atomic mass is 16.4. The topological polar surface area (TPSA) is 66.6 Å². The van der Waals surface area contributed by atoms with Gasteiger partial charge in [-0.3, -0.25) is 0 Å². The van der Waals surface area contributed by atoms with E-state index in [1.54, 1.807) is 12.1 Å². The Labute approximate surface area is 97.7 Å². The van der Waals surface area contributed by atoms with Gasteiger partial charge < -0.3 is 14.4 Å². The van der Waals surface area contributed by atoms with Crippen LogP contribution in [-0.2, 0) is 0 Å². The molecule has 5 nitrogen and oxygen atoms in total. The number of oxazole rings is 1. The summed E-state index contributed by atoms with van der Waals surface area (Å²) in [5, 5.41) is 9.05. The lowest BCUT2D eigenvalue weighted by Crippen LogP contribution is -2.19. The van der Waals surface area contributed by atoms with Crippen LogP contribution in [0.15, 0.2) is 22.6 Å². The highest BCUT2D eigenvalue weighted by Gasteiger charge is 2.29. The van der Waals surface area contributed by atoms with Gasteiger partial charge in [0.05, 0.1) is 0 Å². The van der Waals surface area contributed by atoms with Crippen molar-refractivity contribution in [1.29, 1.82) is 0 Å². The Balaban J connectivity index is 2.11. The third kappa shape index (κ3) is 1.63. The predicted molar refractivity (Wildman–Crippen MR) is 62.4 cm³/mol. The number of hydrogen-bond acceptors (Lipinski definition) is 4. The molecule has 1 saturated carbocycles. The molecule has 1 aliphatic carbocycles. The fraction of sp³-hybridized carbons (Fsp3) is 0.333. The van der Waals surface area contributed by atoms with Crippen molar-refractivity contribution < 1.29 is 14.3 Å². The lowest BCUT2D eigenvalue weighted by atomic mass is 10.2. The van der Waals surface area contributed by atoms with Crippen molar-refractivity contribution in [2.45, 2.75) is 18.9 Å². The summed E-state index contributed by atoms with van der Waals surface area (Å²) in [5.74, 6) is -0.993. The van der Waals surface area contributed by atoms with Gasteiger partial charge in [0.25, 0.3) is 6.01 Å². The van der Waals surface area contributed by atoms with Gasteiger partial charge in [-0.05, 0) is 25.0 Å². The van der Waals surface area contributed by atoms with Crippen LogP contribution in [0.25, 0.3) is 11.1 Å². The first-order valence-corrected chi connectivity index (χ1v) is 5.52. The molecule has 0 amide bonds. The number of carboxylic acids is 1. The maximum Gasteiger partial charge on any atom is 0.339 e. The summed E-state index contributed by atoms with van der Waals surface area (Å²) in [6.07, 6.45) is 2.28. The summed E-state index contributed by atoms with van der Waals surface area (Å²) < 4.78 is 5.56. The second-order valence-electron chi connectivity index (χ2n) is 4.30. The van der Waals surface area contributed by atoms with Crippen LogP contribution in [0.3, 0.4) is 0 Å². The molecule has 1 N–H and O–H groups in total. The Bertz CT molecular complexity index is 586. The van der Waals surface area contributed by atoms with Gasteiger partial charge in [-0.1, -0.05) is 6.07 Å². The molecule has 0 bridgehead atoms. The van der Waals surface area contributed by atoms with Crippen molar-refractivity contribution in [2.75, 3.05) is 11.9 Å². The molecule has 1 aliphatic rings. The number of fused-ring (bicyclic) bond motifs is 1. The smallest absolute Gasteiger partial charge is 0.339 e. The van der Waals surface area contributed by atoms with Gasteiger partial charge in [0.2, 0.25) is 0 Å². The van der Waals surface area contributed by atoms with E-state index in [2.05, 4.69) is 4.98 Å². The van der Waals surface area contributed by atoms with Gasteiger partial charge in [-0.25, -0.2) is 4.79 Å². The van der Waals surface area contributed by atoms with Gasteiger partial charge in [0.1, 0.15) is 11.1 Å². The number of carboxylic acid groups (broad SMARTS) is 1. The second-order valence-corrected chi connectivity index (χ2v) is 4.30. The lowest BCUT2D eigenvalue weighted by Gasteiger charge is -2.11. The SMILES string of the molecule is CN(c1nc2cccc(C(=O)O)c2o1)C1CC1. The van der Waals surface area contributed by atoms with Crippen molar-refractivity contribution in [3.05, 3.63) is 23.8 Å². The summed E-state index contributed by atoms with van der Waals surface area (Å²) in [6, 6.07) is 5.94. The zero-order valence-corrected chi connectivity index (χ0v) is 9.38. The van der Waals surface area contributed by atoms with Gasteiger partial charge >= 0.3 is 5.97 Å². The third-order valence-corrected chi connectivity index (χ3v) is 3.03. The minimum absolute atomic E-state index is 0.158. The fourth-order valence-corrected chi connectivity index (χ4v) is 1.87. The summed E-state index contributed by atoms with van der Waals surface area (Å²) in [5.41, 5.74) is 1.10. The molecule has 2 aromatic rings. The number of carbonyl (C=O) groups is 1. The summed E-state index contributed by atoms with van der Waals surface area (Å²) in [7, 11) is 1.92. The van der Waals surface area contributed by atoms with E-state index in [9.17, 15) is 4.79 Å². The lowest BCUT2D eigenvalue weighted by molar-refractivity contribution is 0.0698. The molecule has 3 rings (SSSR count). The fourth-order valence-electron chi connectivity index (χ4n) is 1.87. The van der Waals surface area contributed by atoms with Gasteiger partial charge in [0.15, 0.2) is 5.58 Å². The zero-order valence-electron chi connectivity index (χ0n) is 9.38. The highest BCUT2D eigenvalue weighted by Crippen LogP contribution is 2.32. The van der Waals surface area contributed by atoms with Crippen molar-refractivity contribution in [3.8, 4) is 0 Å². The monoisotopic (exact) mass is 232 g/mol. The largest absolute Gasteiger partial charge is 0.478 e. The van der Waals surface area contributed by atoms with Crippen LogP contribution >= 0.6 is 0 Å². The Morgan fingerprint density at radius 3 is 2.94 bits per heavy atom. The number of nitrogens with zero attached hydrogens (tertiary/aromatic N) is 2. The minimum Gasteiger partial charge on any atom is -0.478 e. The number of aromatic carboxylic acids is 1. The molecule has 0 saturated heterocycles. The van der Waals surface area contributed by atoms with E-state index in [-0.39, 0.29) is 5.56 Å². The molecular formula is C12H12N2O3. The highest BCUT2D eigenvalue weighted by molar-refractivity contribution is 6.00. The molecule has 1 heterocycles. The number of aromatic nitrogens is 1. The average molecular weight is 232 g/mol. The summed E-state index contributed by atoms with van der Waals surface area (Å²) in [6.45, 7) is 0. The predicted octanol–water partition coefficient (Wildman–Crippen LogP) is 2.12. The van der Waals surface area contributed by atoms with E-state index < -0.39 is 5.97 Å². The molecule has 5 heteroatoms. The van der Waals surface area contributed by atoms with Crippen LogP contribution in [0.1, 0.15) is 23.2 Å². The molecular weight excluding hydrogens is 220 g/mol. The first-order valence-electron chi connectivity index (χ1n) is 5.52. The molecule has 0 radical (unpaired) electrons. The first kappa shape index (κ1) is 10.1. The van der Waals surface area contributed by atoms with Crippen molar-refractivity contribution >= 4 is 23.1 Å². The van der Waals surface area contributed by atoms with E-state index in [0.717, 1.165) is 12.8 Å². The van der Waals surface area contributed by atoms with E-state index in [1.165, 1.54) is 6.07 Å². The number of anilines is 1. The molecule has 1 aromatic heterocycles. The quantitative estimate of drug-likeness (QED) is 0.878. The Kier molecular flexibility index (Phi) is 2.07. The van der Waals surface area contributed by atoms with Crippen molar-refractivity contribution in [1.82, 2.24) is 4.98 Å². The normalized spacial score (nSPS) is 15.1. The van der Waals surface area contributed by atoms with Gasteiger partial charge in [-0.15, -0.1) is 0 Å². The number of rotatable bonds is 3. The Morgan fingerprint density at radius 1 is 1.53 bits per heavy atom. The molecule has 17 heavy (non-hydrogen) atoms. The van der Waals surface area contributed by atoms with E-state index in [1.807, 2.05) is 11.9 Å². The third-order valence-electron chi connectivity index (χ3n) is 3.03. The molecule has 0 atom stereocenters. The molecule has 1 aromatic carbocycles. The zero-order chi connectivity index (χ0) is 12.0. The Hall–Kier alpha value is -2.04. The van der Waals surface area contributed by atoms with Crippen LogP contribution in [0.4, 0.5) is 6.01 Å². The van der Waals surface area contributed by atoms with Crippen LogP contribution in [0.2, 0.25) is 0 Å². The van der Waals surface area contributed by atoms with Crippen molar-refractivity contribution in [2.24, 2.45) is 0 Å². The Morgan fingerprint density at radius 2 is 2.29 bits per heavy atom. The molecule has 88 valence electrons. The number of para-hydroxylation sites is 1. The van der Waals surface area contributed by atoms with E-state index in [0.29, 0.717) is 23.2 Å². The summed E-state index contributed by atoms with van der Waals surface area (Å²) >= 11 is 0. The minimum atomic E-state index is -0.993. The maximum atomic E-state index is 11.0. The van der Waals surface area contributed by atoms with Crippen LogP contribution in [0.5, 0.6) is 0 Å². The van der Waals surface area contributed by atoms with Crippen molar-refractivity contribution in [3.63, 3.8) is 0 Å². The van der Waals surface area contributed by atoms with Crippen LogP contribution < -0.4 is 4.90 Å². The molecule has 0 unspecified atom stereocenters. The second kappa shape index (κ2) is 3.48. The average Bonchev–Trinajstić information content (AvgIpc) is 3.05. The molecule has 0 spiro atoms. The van der Waals surface area contributed by atoms with Crippen LogP contribution in [-0.4, -0.2) is 29.1 Å². The molecule has 1 fully saturated rings. The van der Waals surface area contributed by atoms with Gasteiger partial charge in [-0.2, -0.15) is 4.98 Å². The standard InChI is InChI=1S/C12H12N2O3/c1-14(7-5-6-7)12-13-9-4-2-3-8(11(15)16)10(9)17-12/h2-4,7H,5-6H2,1H3,(H,15,16). The van der Waals surface area contributed by atoms with E-state index >= 15 is 0 Å². The summed E-state index contributed by atoms with van der Waals surface area (Å²) in [4.78, 5) is 17.3. The first-order chi connectivity index (χ1) is 8.16.